The van der Waals surface area contributed by atoms with E-state index in [4.69, 9.17) is 14.2 Å². The number of amides is 1. The first-order valence-electron chi connectivity index (χ1n) is 8.40. The van der Waals surface area contributed by atoms with Crippen LogP contribution < -0.4 is 24.8 Å². The van der Waals surface area contributed by atoms with E-state index in [0.29, 0.717) is 34.4 Å². The van der Waals surface area contributed by atoms with Crippen LogP contribution >= 0.6 is 0 Å². The fourth-order valence-corrected chi connectivity index (χ4v) is 2.53. The van der Waals surface area contributed by atoms with Crippen molar-refractivity contribution < 1.29 is 19.0 Å². The van der Waals surface area contributed by atoms with Gasteiger partial charge < -0.3 is 24.8 Å². The average Bonchev–Trinajstić information content (AvgIpc) is 2.74. The van der Waals surface area contributed by atoms with E-state index in [2.05, 4.69) is 20.6 Å². The summed E-state index contributed by atoms with van der Waals surface area (Å²) in [5, 5.41) is 5.86. The van der Waals surface area contributed by atoms with Gasteiger partial charge in [-0.3, -0.25) is 4.79 Å². The van der Waals surface area contributed by atoms with Crippen LogP contribution in [0.3, 0.4) is 0 Å². The van der Waals surface area contributed by atoms with Gasteiger partial charge in [0.2, 0.25) is 5.75 Å². The molecule has 8 heteroatoms. The van der Waals surface area contributed by atoms with Crippen molar-refractivity contribution in [1.82, 2.24) is 9.97 Å². The minimum Gasteiger partial charge on any atom is -0.493 e. The molecule has 0 radical (unpaired) electrons. The molecule has 0 unspecified atom stereocenters. The molecule has 1 heterocycles. The van der Waals surface area contributed by atoms with Crippen LogP contribution in [0, 0.1) is 0 Å². The van der Waals surface area contributed by atoms with Crippen molar-refractivity contribution in [3.8, 4) is 17.2 Å². The van der Waals surface area contributed by atoms with Crippen LogP contribution in [0.4, 0.5) is 17.2 Å². The molecule has 2 aromatic carbocycles. The lowest BCUT2D eigenvalue weighted by atomic mass is 10.2. The van der Waals surface area contributed by atoms with Gasteiger partial charge >= 0.3 is 0 Å². The number of nitrogens with one attached hydrogen (secondary N) is 2. The third-order valence-corrected chi connectivity index (χ3v) is 3.85. The van der Waals surface area contributed by atoms with E-state index in [0.717, 1.165) is 0 Å². The zero-order chi connectivity index (χ0) is 19.9. The number of methoxy groups -OCH3 is 3. The second-order valence-electron chi connectivity index (χ2n) is 5.65. The van der Waals surface area contributed by atoms with E-state index in [1.165, 1.54) is 19.5 Å². The van der Waals surface area contributed by atoms with Gasteiger partial charge in [0.05, 0.1) is 33.7 Å². The Morgan fingerprint density at radius 3 is 2.07 bits per heavy atom. The van der Waals surface area contributed by atoms with Gasteiger partial charge in [-0.2, -0.15) is 0 Å². The molecule has 0 saturated heterocycles. The molecular formula is C20H20N4O4. The molecular weight excluding hydrogens is 360 g/mol. The van der Waals surface area contributed by atoms with E-state index in [-0.39, 0.29) is 11.6 Å². The van der Waals surface area contributed by atoms with Crippen LogP contribution in [0.25, 0.3) is 0 Å². The predicted molar refractivity (Wildman–Crippen MR) is 106 cm³/mol. The van der Waals surface area contributed by atoms with Gasteiger partial charge in [-0.1, -0.05) is 18.2 Å². The van der Waals surface area contributed by atoms with Crippen molar-refractivity contribution in [1.29, 1.82) is 0 Å². The largest absolute Gasteiger partial charge is 0.493 e. The number of aromatic nitrogens is 2. The minimum atomic E-state index is -0.335. The van der Waals surface area contributed by atoms with Crippen LogP contribution in [0.2, 0.25) is 0 Å². The Labute approximate surface area is 162 Å². The van der Waals surface area contributed by atoms with Crippen molar-refractivity contribution >= 4 is 23.1 Å². The van der Waals surface area contributed by atoms with E-state index >= 15 is 0 Å². The summed E-state index contributed by atoms with van der Waals surface area (Å²) in [6, 6.07) is 12.6. The summed E-state index contributed by atoms with van der Waals surface area (Å²) < 4.78 is 16.0. The highest BCUT2D eigenvalue weighted by atomic mass is 16.5. The fraction of sp³-hybridized carbons (Fsp3) is 0.150. The average molecular weight is 380 g/mol. The lowest BCUT2D eigenvalue weighted by molar-refractivity contribution is 0.102. The third kappa shape index (κ3) is 4.29. The highest BCUT2D eigenvalue weighted by Gasteiger charge is 2.14. The Balaban J connectivity index is 1.74. The number of nitrogens with zero attached hydrogens (tertiary/aromatic N) is 2. The highest BCUT2D eigenvalue weighted by Crippen LogP contribution is 2.40. The Bertz CT molecular complexity index is 921. The van der Waals surface area contributed by atoms with Gasteiger partial charge in [-0.25, -0.2) is 9.97 Å². The lowest BCUT2D eigenvalue weighted by Crippen LogP contribution is -2.14. The number of carbonyl (C=O) groups is 1. The van der Waals surface area contributed by atoms with Crippen molar-refractivity contribution in [3.05, 3.63) is 60.6 Å². The monoisotopic (exact) mass is 380 g/mol. The van der Waals surface area contributed by atoms with Gasteiger partial charge in [0.25, 0.3) is 5.91 Å². The van der Waals surface area contributed by atoms with Gasteiger partial charge in [0.15, 0.2) is 11.5 Å². The smallest absolute Gasteiger partial charge is 0.275 e. The van der Waals surface area contributed by atoms with E-state index in [9.17, 15) is 4.79 Å². The molecule has 0 atom stereocenters. The van der Waals surface area contributed by atoms with Gasteiger partial charge in [-0.15, -0.1) is 0 Å². The summed E-state index contributed by atoms with van der Waals surface area (Å²) in [5.74, 6) is 1.64. The quantitative estimate of drug-likeness (QED) is 0.648. The van der Waals surface area contributed by atoms with Crippen LogP contribution in [0.15, 0.2) is 54.9 Å². The summed E-state index contributed by atoms with van der Waals surface area (Å²) in [7, 11) is 4.63. The normalized spacial score (nSPS) is 10.1. The van der Waals surface area contributed by atoms with Crippen molar-refractivity contribution in [3.63, 3.8) is 0 Å². The number of hydrogen-bond acceptors (Lipinski definition) is 7. The summed E-state index contributed by atoms with van der Waals surface area (Å²) in [4.78, 5) is 20.6. The molecule has 8 nitrogen and oxygen atoms in total. The number of rotatable bonds is 7. The number of para-hydroxylation sites is 1. The van der Waals surface area contributed by atoms with Crippen LogP contribution in [-0.4, -0.2) is 37.2 Å². The summed E-state index contributed by atoms with van der Waals surface area (Å²) >= 11 is 0. The first kappa shape index (κ1) is 19.0. The summed E-state index contributed by atoms with van der Waals surface area (Å²) in [6.07, 6.45) is 2.88. The molecule has 1 amide bonds. The summed E-state index contributed by atoms with van der Waals surface area (Å²) in [5.41, 5.74) is 1.57. The van der Waals surface area contributed by atoms with E-state index < -0.39 is 0 Å². The second kappa shape index (κ2) is 8.72. The first-order valence-corrected chi connectivity index (χ1v) is 8.40. The van der Waals surface area contributed by atoms with Crippen molar-refractivity contribution in [2.24, 2.45) is 0 Å². The molecule has 3 aromatic rings. The van der Waals surface area contributed by atoms with E-state index in [1.54, 1.807) is 38.5 Å². The molecule has 0 spiro atoms. The zero-order valence-electron chi connectivity index (χ0n) is 15.7. The highest BCUT2D eigenvalue weighted by molar-refractivity contribution is 6.02. The first-order chi connectivity index (χ1) is 13.6. The standard InChI is InChI=1S/C20H20N4O4/c1-26-16-9-14(10-17(27-2)19(16)28-3)23-18-12-21-15(11-22-18)20(25)24-13-7-5-4-6-8-13/h4-12H,1-3H3,(H,22,23)(H,24,25). The van der Waals surface area contributed by atoms with Crippen molar-refractivity contribution in [2.75, 3.05) is 32.0 Å². The van der Waals surface area contributed by atoms with Crippen LogP contribution in [0.1, 0.15) is 10.5 Å². The Morgan fingerprint density at radius 1 is 0.857 bits per heavy atom. The molecule has 1 aromatic heterocycles. The van der Waals surface area contributed by atoms with Gasteiger partial charge in [-0.05, 0) is 12.1 Å². The molecule has 144 valence electrons. The lowest BCUT2D eigenvalue weighted by Gasteiger charge is -2.14. The Morgan fingerprint density at radius 2 is 1.54 bits per heavy atom. The van der Waals surface area contributed by atoms with Gasteiger partial charge in [0.1, 0.15) is 11.5 Å². The number of anilines is 3. The maximum atomic E-state index is 12.2. The predicted octanol–water partition coefficient (Wildman–Crippen LogP) is 3.50. The number of ether oxygens (including phenoxy) is 3. The molecule has 0 aliphatic rings. The molecule has 2 N–H and O–H groups in total. The van der Waals surface area contributed by atoms with Gasteiger partial charge in [0, 0.05) is 23.5 Å². The topological polar surface area (TPSA) is 94.6 Å². The third-order valence-electron chi connectivity index (χ3n) is 3.85. The van der Waals surface area contributed by atoms with Crippen molar-refractivity contribution in [2.45, 2.75) is 0 Å². The van der Waals surface area contributed by atoms with E-state index in [1.807, 2.05) is 18.2 Å². The zero-order valence-corrected chi connectivity index (χ0v) is 15.7. The maximum absolute atomic E-state index is 12.2. The number of hydrogen-bond donors (Lipinski definition) is 2. The fourth-order valence-electron chi connectivity index (χ4n) is 2.53. The minimum absolute atomic E-state index is 0.208. The molecule has 28 heavy (non-hydrogen) atoms. The molecule has 0 saturated carbocycles. The molecule has 0 aliphatic carbocycles. The Hall–Kier alpha value is -3.81. The van der Waals surface area contributed by atoms with Crippen LogP contribution in [-0.2, 0) is 0 Å². The van der Waals surface area contributed by atoms with Crippen LogP contribution in [0.5, 0.6) is 17.2 Å². The summed E-state index contributed by atoms with van der Waals surface area (Å²) in [6.45, 7) is 0. The molecule has 0 aliphatic heterocycles. The molecule has 3 rings (SSSR count). The SMILES string of the molecule is COc1cc(Nc2cnc(C(=O)Nc3ccccc3)cn2)cc(OC)c1OC. The molecule has 0 bridgehead atoms. The number of benzene rings is 2. The number of carbonyl (C=O) groups excluding carboxylic acids is 1. The maximum Gasteiger partial charge on any atom is 0.275 e. The molecule has 0 fully saturated rings. The second-order valence-corrected chi connectivity index (χ2v) is 5.65. The Kier molecular flexibility index (Phi) is 5.91.